The van der Waals surface area contributed by atoms with Crippen molar-refractivity contribution < 1.29 is 14.4 Å². The van der Waals surface area contributed by atoms with E-state index in [-0.39, 0.29) is 0 Å². The van der Waals surface area contributed by atoms with Gasteiger partial charge in [0, 0.05) is 6.66 Å². The first-order valence-electron chi connectivity index (χ1n) is 2.11. The maximum absolute atomic E-state index is 9.33. The Hall–Kier alpha value is -0.150. The number of hydrogen-bond donors (Lipinski definition) is 3. The van der Waals surface area contributed by atoms with Crippen molar-refractivity contribution in [3.8, 4) is 0 Å². The molecule has 0 saturated carbocycles. The summed E-state index contributed by atoms with van der Waals surface area (Å²) in [4.78, 5) is 15.3. The molecule has 0 saturated heterocycles. The Morgan fingerprint density at radius 3 is 1.33 bits per heavy atom. The van der Waals surface area contributed by atoms with E-state index in [1.54, 1.807) is 0 Å². The van der Waals surface area contributed by atoms with Gasteiger partial charge in [-0.15, -0.1) is 13.2 Å². The summed E-state index contributed by atoms with van der Waals surface area (Å²) < 4.78 is 9.33. The summed E-state index contributed by atoms with van der Waals surface area (Å²) in [6, 6.07) is 0. The molecule has 0 aromatic rings. The standard InChI is InChI=1S/C2H4.CH5N.CH5O3P/c2*1-2;1-5(2,3)4/h1-2H2;2H2,1H3;1H3,(H2,2,3,4). The molecule has 0 aliphatic rings. The second-order valence-electron chi connectivity index (χ2n) is 0.835. The molecule has 5 heteroatoms. The van der Waals surface area contributed by atoms with Crippen LogP contribution in [0.3, 0.4) is 0 Å². The Morgan fingerprint density at radius 2 is 1.33 bits per heavy atom. The summed E-state index contributed by atoms with van der Waals surface area (Å²) in [6.07, 6.45) is 0. The first-order chi connectivity index (χ1) is 4.00. The molecule has 0 bridgehead atoms. The van der Waals surface area contributed by atoms with E-state index in [4.69, 9.17) is 9.79 Å². The lowest BCUT2D eigenvalue weighted by Crippen LogP contribution is -1.69. The summed E-state index contributed by atoms with van der Waals surface area (Å²) in [5.41, 5.74) is 4.50. The van der Waals surface area contributed by atoms with E-state index < -0.39 is 7.60 Å². The van der Waals surface area contributed by atoms with Crippen molar-refractivity contribution in [2.75, 3.05) is 13.7 Å². The van der Waals surface area contributed by atoms with Gasteiger partial charge in [-0.25, -0.2) is 0 Å². The van der Waals surface area contributed by atoms with Crippen molar-refractivity contribution in [2.45, 2.75) is 0 Å². The number of rotatable bonds is 0. The van der Waals surface area contributed by atoms with Crippen LogP contribution in [-0.2, 0) is 4.57 Å². The fourth-order valence-electron chi connectivity index (χ4n) is 0. The minimum absolute atomic E-state index is 0.854. The van der Waals surface area contributed by atoms with Gasteiger partial charge < -0.3 is 15.5 Å². The van der Waals surface area contributed by atoms with Crippen molar-refractivity contribution >= 4 is 7.60 Å². The third kappa shape index (κ3) is 11900. The zero-order chi connectivity index (χ0) is 8.50. The maximum Gasteiger partial charge on any atom is 0.322 e. The van der Waals surface area contributed by atoms with Crippen molar-refractivity contribution in [2.24, 2.45) is 5.73 Å². The van der Waals surface area contributed by atoms with E-state index in [1.165, 1.54) is 7.05 Å². The lowest BCUT2D eigenvalue weighted by molar-refractivity contribution is 0.381. The van der Waals surface area contributed by atoms with E-state index >= 15 is 0 Å². The minimum atomic E-state index is -3.64. The van der Waals surface area contributed by atoms with Crippen molar-refractivity contribution in [1.29, 1.82) is 0 Å². The molecular formula is C4H14NO3P. The summed E-state index contributed by atoms with van der Waals surface area (Å²) in [6.45, 7) is 6.85. The predicted molar refractivity (Wildman–Crippen MR) is 39.3 cm³/mol. The molecule has 4 N–H and O–H groups in total. The molecule has 0 spiro atoms. The number of nitrogens with two attached hydrogens (primary N) is 1. The first-order valence-corrected chi connectivity index (χ1v) is 4.17. The highest BCUT2D eigenvalue weighted by atomic mass is 31.2. The summed E-state index contributed by atoms with van der Waals surface area (Å²) in [5.74, 6) is 0. The first kappa shape index (κ1) is 15.9. The minimum Gasteiger partial charge on any atom is -0.333 e. The third-order valence-electron chi connectivity index (χ3n) is 0. The van der Waals surface area contributed by atoms with Crippen LogP contribution in [0.15, 0.2) is 13.2 Å². The second kappa shape index (κ2) is 10.8. The lowest BCUT2D eigenvalue weighted by atomic mass is 11.3. The number of hydrogen-bond acceptors (Lipinski definition) is 2. The van der Waals surface area contributed by atoms with Crippen molar-refractivity contribution in [3.63, 3.8) is 0 Å². The van der Waals surface area contributed by atoms with Crippen molar-refractivity contribution in [3.05, 3.63) is 13.2 Å². The SMILES string of the molecule is C=C.CN.CP(=O)(O)O. The smallest absolute Gasteiger partial charge is 0.322 e. The summed E-state index contributed by atoms with van der Waals surface area (Å²) in [5, 5.41) is 0. The lowest BCUT2D eigenvalue weighted by Gasteiger charge is -1.84. The van der Waals surface area contributed by atoms with Gasteiger partial charge in [-0.2, -0.15) is 0 Å². The molecule has 9 heavy (non-hydrogen) atoms. The van der Waals surface area contributed by atoms with Crippen LogP contribution in [0.1, 0.15) is 0 Å². The Balaban J connectivity index is -0.0000000771. The van der Waals surface area contributed by atoms with Crippen LogP contribution in [0.4, 0.5) is 0 Å². The van der Waals surface area contributed by atoms with Gasteiger partial charge in [-0.05, 0) is 7.05 Å². The Morgan fingerprint density at radius 1 is 1.33 bits per heavy atom. The molecule has 0 unspecified atom stereocenters. The largest absolute Gasteiger partial charge is 0.333 e. The van der Waals surface area contributed by atoms with E-state index in [2.05, 4.69) is 18.9 Å². The van der Waals surface area contributed by atoms with E-state index in [9.17, 15) is 4.57 Å². The van der Waals surface area contributed by atoms with E-state index in [0.29, 0.717) is 0 Å². The topological polar surface area (TPSA) is 83.6 Å². The maximum atomic E-state index is 9.33. The Bertz CT molecular complexity index is 71.6. The Kier molecular flexibility index (Phi) is 19.1. The van der Waals surface area contributed by atoms with Crippen molar-refractivity contribution in [1.82, 2.24) is 0 Å². The molecule has 0 aromatic carbocycles. The molecular weight excluding hydrogens is 141 g/mol. The third-order valence-corrected chi connectivity index (χ3v) is 0. The molecule has 0 aliphatic heterocycles. The molecule has 0 fully saturated rings. The summed E-state index contributed by atoms with van der Waals surface area (Å²) >= 11 is 0. The molecule has 4 nitrogen and oxygen atoms in total. The van der Waals surface area contributed by atoms with Crippen LogP contribution in [0.25, 0.3) is 0 Å². The zero-order valence-corrected chi connectivity index (χ0v) is 6.64. The van der Waals surface area contributed by atoms with Gasteiger partial charge in [-0.3, -0.25) is 4.57 Å². The molecule has 0 aliphatic carbocycles. The van der Waals surface area contributed by atoms with E-state index in [1.807, 2.05) is 0 Å². The van der Waals surface area contributed by atoms with Crippen LogP contribution in [0, 0.1) is 0 Å². The normalized spacial score (nSPS) is 7.67. The van der Waals surface area contributed by atoms with Gasteiger partial charge in [0.1, 0.15) is 0 Å². The highest BCUT2D eigenvalue weighted by Gasteiger charge is 1.95. The molecule has 0 atom stereocenters. The zero-order valence-electron chi connectivity index (χ0n) is 5.74. The van der Waals surface area contributed by atoms with Gasteiger partial charge in [0.05, 0.1) is 0 Å². The van der Waals surface area contributed by atoms with Gasteiger partial charge in [0.25, 0.3) is 0 Å². The molecule has 0 heterocycles. The van der Waals surface area contributed by atoms with Gasteiger partial charge in [0.15, 0.2) is 0 Å². The predicted octanol–water partition coefficient (Wildman–Crippen LogP) is 0.171. The molecule has 0 amide bonds. The van der Waals surface area contributed by atoms with Crippen LogP contribution in [0.5, 0.6) is 0 Å². The second-order valence-corrected chi connectivity index (χ2v) is 2.51. The average Bonchev–Trinajstić information content (AvgIpc) is 1.72. The van der Waals surface area contributed by atoms with Crippen LogP contribution in [-0.4, -0.2) is 23.5 Å². The van der Waals surface area contributed by atoms with E-state index in [0.717, 1.165) is 6.66 Å². The van der Waals surface area contributed by atoms with Crippen LogP contribution < -0.4 is 5.73 Å². The average molecular weight is 155 g/mol. The van der Waals surface area contributed by atoms with Crippen LogP contribution >= 0.6 is 7.60 Å². The molecule has 0 aromatic heterocycles. The summed E-state index contributed by atoms with van der Waals surface area (Å²) in [7, 11) is -2.14. The molecule has 58 valence electrons. The van der Waals surface area contributed by atoms with Gasteiger partial charge in [0.2, 0.25) is 0 Å². The van der Waals surface area contributed by atoms with Gasteiger partial charge >= 0.3 is 7.60 Å². The quantitative estimate of drug-likeness (QED) is 0.344. The Labute approximate surface area is 55.5 Å². The monoisotopic (exact) mass is 155 g/mol. The van der Waals surface area contributed by atoms with Gasteiger partial charge in [-0.1, -0.05) is 0 Å². The fourth-order valence-corrected chi connectivity index (χ4v) is 0. The highest BCUT2D eigenvalue weighted by molar-refractivity contribution is 7.50. The molecule has 0 rings (SSSR count). The van der Waals surface area contributed by atoms with Crippen LogP contribution in [0.2, 0.25) is 0 Å². The highest BCUT2D eigenvalue weighted by Crippen LogP contribution is 2.26. The molecule has 0 radical (unpaired) electrons. The fraction of sp³-hybridized carbons (Fsp3) is 0.500.